The summed E-state index contributed by atoms with van der Waals surface area (Å²) in [7, 11) is 1.80. The van der Waals surface area contributed by atoms with E-state index in [1.54, 1.807) is 17.8 Å². The van der Waals surface area contributed by atoms with E-state index in [-0.39, 0.29) is 0 Å². The van der Waals surface area contributed by atoms with Gasteiger partial charge in [0.1, 0.15) is 6.10 Å². The molecule has 1 atom stereocenters. The van der Waals surface area contributed by atoms with Gasteiger partial charge in [0.15, 0.2) is 4.80 Å². The van der Waals surface area contributed by atoms with Gasteiger partial charge in [-0.05, 0) is 6.92 Å². The maximum absolute atomic E-state index is 10.9. The Labute approximate surface area is 73.8 Å². The van der Waals surface area contributed by atoms with Crippen LogP contribution in [0.5, 0.6) is 0 Å². The van der Waals surface area contributed by atoms with Crippen LogP contribution in [0.2, 0.25) is 0 Å². The zero-order chi connectivity index (χ0) is 9.14. The largest absolute Gasteiger partial charge is 0.383 e. The summed E-state index contributed by atoms with van der Waals surface area (Å²) in [5.74, 6) is -0.506. The molecule has 1 amide bonds. The van der Waals surface area contributed by atoms with Crippen LogP contribution in [0.3, 0.4) is 0 Å². The topological polar surface area (TPSA) is 54.6 Å². The van der Waals surface area contributed by atoms with Crippen molar-refractivity contribution in [1.29, 1.82) is 0 Å². The molecule has 66 valence electrons. The minimum absolute atomic E-state index is 0.506. The highest BCUT2D eigenvalue weighted by molar-refractivity contribution is 7.07. The Morgan fingerprint density at radius 3 is 2.92 bits per heavy atom. The summed E-state index contributed by atoms with van der Waals surface area (Å²) >= 11 is 1.36. The van der Waals surface area contributed by atoms with Crippen molar-refractivity contribution in [3.05, 3.63) is 16.4 Å². The molecule has 1 aromatic heterocycles. The predicted octanol–water partition coefficient (Wildman–Crippen LogP) is -0.105. The second kappa shape index (κ2) is 3.64. The Hall–Kier alpha value is -0.940. The van der Waals surface area contributed by atoms with Crippen LogP contribution in [-0.2, 0) is 11.8 Å². The fourth-order valence-corrected chi connectivity index (χ4v) is 1.36. The molecule has 1 aromatic rings. The van der Waals surface area contributed by atoms with Gasteiger partial charge in [-0.3, -0.25) is 4.79 Å². The minimum atomic E-state index is -1.02. The lowest BCUT2D eigenvalue weighted by Crippen LogP contribution is -2.19. The fourth-order valence-electron chi connectivity index (χ4n) is 0.622. The van der Waals surface area contributed by atoms with Gasteiger partial charge in [0.2, 0.25) is 0 Å². The third-order valence-electron chi connectivity index (χ3n) is 1.32. The highest BCUT2D eigenvalue weighted by Crippen LogP contribution is 1.88. The van der Waals surface area contributed by atoms with E-state index in [1.807, 2.05) is 5.38 Å². The summed E-state index contributed by atoms with van der Waals surface area (Å²) in [5, 5.41) is 10.7. The molecule has 1 rings (SSSR count). The van der Waals surface area contributed by atoms with Gasteiger partial charge >= 0.3 is 0 Å². The number of hydrogen-bond acceptors (Lipinski definition) is 3. The summed E-state index contributed by atoms with van der Waals surface area (Å²) < 4.78 is 1.73. The molecule has 0 spiro atoms. The van der Waals surface area contributed by atoms with Gasteiger partial charge in [0.25, 0.3) is 5.91 Å². The molecule has 5 heteroatoms. The summed E-state index contributed by atoms with van der Waals surface area (Å²) in [6.45, 7) is 1.40. The summed E-state index contributed by atoms with van der Waals surface area (Å²) in [5.41, 5.74) is 0. The van der Waals surface area contributed by atoms with Crippen LogP contribution in [-0.4, -0.2) is 21.7 Å². The van der Waals surface area contributed by atoms with Crippen molar-refractivity contribution in [3.8, 4) is 0 Å². The summed E-state index contributed by atoms with van der Waals surface area (Å²) in [6.07, 6.45) is 0.783. The number of nitrogens with zero attached hydrogens (tertiary/aromatic N) is 2. The molecular weight excluding hydrogens is 176 g/mol. The Balaban J connectivity index is 2.98. The van der Waals surface area contributed by atoms with Crippen molar-refractivity contribution in [2.24, 2.45) is 12.0 Å². The first-order valence-electron chi connectivity index (χ1n) is 3.48. The molecule has 12 heavy (non-hydrogen) atoms. The van der Waals surface area contributed by atoms with Crippen molar-refractivity contribution in [2.75, 3.05) is 0 Å². The average molecular weight is 186 g/mol. The van der Waals surface area contributed by atoms with E-state index in [9.17, 15) is 4.79 Å². The standard InChI is InChI=1S/C7H10N2O2S/c1-5(10)6(11)8-7-9(2)3-4-12-7/h3-5,10H,1-2H3/t5-/m1/s1. The van der Waals surface area contributed by atoms with Gasteiger partial charge in [-0.15, -0.1) is 11.3 Å². The van der Waals surface area contributed by atoms with Gasteiger partial charge in [-0.1, -0.05) is 0 Å². The van der Waals surface area contributed by atoms with Crippen molar-refractivity contribution < 1.29 is 9.90 Å². The zero-order valence-electron chi connectivity index (χ0n) is 6.89. The first-order chi connectivity index (χ1) is 5.61. The Morgan fingerprint density at radius 1 is 1.83 bits per heavy atom. The molecule has 0 aliphatic heterocycles. The van der Waals surface area contributed by atoms with E-state index in [4.69, 9.17) is 5.11 Å². The molecule has 0 aliphatic rings. The number of amides is 1. The van der Waals surface area contributed by atoms with Gasteiger partial charge in [-0.25, -0.2) is 0 Å². The van der Waals surface area contributed by atoms with Crippen LogP contribution in [0.15, 0.2) is 16.6 Å². The van der Waals surface area contributed by atoms with E-state index < -0.39 is 12.0 Å². The van der Waals surface area contributed by atoms with Crippen LogP contribution >= 0.6 is 11.3 Å². The molecule has 0 saturated heterocycles. The monoisotopic (exact) mass is 186 g/mol. The molecule has 1 N–H and O–H groups in total. The number of aryl methyl sites for hydroxylation is 1. The lowest BCUT2D eigenvalue weighted by atomic mass is 10.4. The number of carbonyl (C=O) groups is 1. The molecule has 4 nitrogen and oxygen atoms in total. The van der Waals surface area contributed by atoms with Gasteiger partial charge < -0.3 is 9.67 Å². The Morgan fingerprint density at radius 2 is 2.50 bits per heavy atom. The third-order valence-corrected chi connectivity index (χ3v) is 2.17. The van der Waals surface area contributed by atoms with Crippen LogP contribution in [0, 0.1) is 0 Å². The van der Waals surface area contributed by atoms with Crippen LogP contribution in [0.25, 0.3) is 0 Å². The highest BCUT2D eigenvalue weighted by atomic mass is 32.1. The molecule has 0 unspecified atom stereocenters. The zero-order valence-corrected chi connectivity index (χ0v) is 7.71. The molecule has 0 aromatic carbocycles. The Bertz CT molecular complexity index is 337. The van der Waals surface area contributed by atoms with Crippen molar-refractivity contribution in [3.63, 3.8) is 0 Å². The predicted molar refractivity (Wildman–Crippen MR) is 45.5 cm³/mol. The first kappa shape index (κ1) is 9.15. The summed E-state index contributed by atoms with van der Waals surface area (Å²) in [6, 6.07) is 0. The lowest BCUT2D eigenvalue weighted by Gasteiger charge is -1.94. The number of aliphatic hydroxyl groups excluding tert-OH is 1. The quantitative estimate of drug-likeness (QED) is 0.665. The highest BCUT2D eigenvalue weighted by Gasteiger charge is 2.06. The van der Waals surface area contributed by atoms with Crippen LogP contribution in [0.1, 0.15) is 6.92 Å². The average Bonchev–Trinajstić information content (AvgIpc) is 2.36. The Kier molecular flexibility index (Phi) is 2.78. The lowest BCUT2D eigenvalue weighted by molar-refractivity contribution is -0.125. The smallest absolute Gasteiger partial charge is 0.276 e. The number of thiazole rings is 1. The molecule has 0 bridgehead atoms. The van der Waals surface area contributed by atoms with E-state index in [1.165, 1.54) is 18.3 Å². The normalized spacial score (nSPS) is 14.8. The minimum Gasteiger partial charge on any atom is -0.383 e. The number of carbonyl (C=O) groups excluding carboxylic acids is 1. The molecule has 0 radical (unpaired) electrons. The number of hydrogen-bond donors (Lipinski definition) is 1. The fraction of sp³-hybridized carbons (Fsp3) is 0.429. The van der Waals surface area contributed by atoms with Crippen LogP contribution in [0.4, 0.5) is 0 Å². The van der Waals surface area contributed by atoms with E-state index in [2.05, 4.69) is 4.99 Å². The first-order valence-corrected chi connectivity index (χ1v) is 4.36. The molecule has 0 fully saturated rings. The SMILES string of the molecule is C[C@@H](O)C(=O)N=c1sccn1C. The number of aliphatic hydroxyl groups is 1. The maximum Gasteiger partial charge on any atom is 0.276 e. The van der Waals surface area contributed by atoms with E-state index in [0.29, 0.717) is 4.80 Å². The maximum atomic E-state index is 10.9. The van der Waals surface area contributed by atoms with E-state index >= 15 is 0 Å². The van der Waals surface area contributed by atoms with Crippen molar-refractivity contribution in [2.45, 2.75) is 13.0 Å². The van der Waals surface area contributed by atoms with E-state index in [0.717, 1.165) is 0 Å². The number of aromatic nitrogens is 1. The van der Waals surface area contributed by atoms with Gasteiger partial charge in [0.05, 0.1) is 0 Å². The van der Waals surface area contributed by atoms with Gasteiger partial charge in [0, 0.05) is 18.6 Å². The molecular formula is C7H10N2O2S. The molecule has 0 aliphatic carbocycles. The van der Waals surface area contributed by atoms with Gasteiger partial charge in [-0.2, -0.15) is 4.99 Å². The second-order valence-electron chi connectivity index (χ2n) is 2.42. The number of rotatable bonds is 1. The summed E-state index contributed by atoms with van der Waals surface area (Å²) in [4.78, 5) is 15.2. The second-order valence-corrected chi connectivity index (χ2v) is 3.30. The molecule has 0 saturated carbocycles. The van der Waals surface area contributed by atoms with Crippen molar-refractivity contribution >= 4 is 17.2 Å². The third kappa shape index (κ3) is 2.02. The van der Waals surface area contributed by atoms with Crippen LogP contribution < -0.4 is 4.80 Å². The molecule has 1 heterocycles. The van der Waals surface area contributed by atoms with Crippen molar-refractivity contribution in [1.82, 2.24) is 4.57 Å².